The largest absolute Gasteiger partial charge is 0.502 e. The van der Waals surface area contributed by atoms with Crippen molar-refractivity contribution < 1.29 is 5.11 Å². The van der Waals surface area contributed by atoms with Crippen LogP contribution in [0.2, 0.25) is 0 Å². The Labute approximate surface area is 153 Å². The second kappa shape index (κ2) is 19.4. The summed E-state index contributed by atoms with van der Waals surface area (Å²) < 4.78 is 0. The molecule has 0 bridgehead atoms. The van der Waals surface area contributed by atoms with E-state index >= 15 is 0 Å². The minimum absolute atomic E-state index is 0.0922. The highest BCUT2D eigenvalue weighted by Crippen LogP contribution is 1.97. The smallest absolute Gasteiger partial charge is 0.156 e. The van der Waals surface area contributed by atoms with Gasteiger partial charge in [-0.25, -0.2) is 0 Å². The molecule has 0 fully saturated rings. The summed E-state index contributed by atoms with van der Waals surface area (Å²) in [6.07, 6.45) is 33.6. The lowest BCUT2D eigenvalue weighted by Crippen LogP contribution is -1.87. The van der Waals surface area contributed by atoms with Crippen LogP contribution >= 0.6 is 12.2 Å². The van der Waals surface area contributed by atoms with E-state index in [0.29, 0.717) is 6.42 Å². The third kappa shape index (κ3) is 20.3. The van der Waals surface area contributed by atoms with Gasteiger partial charge in [-0.05, 0) is 57.2 Å². The Morgan fingerprint density at radius 3 is 1.29 bits per heavy atom. The Hall–Kier alpha value is -1.67. The maximum Gasteiger partial charge on any atom is 0.156 e. The molecule has 0 aliphatic carbocycles. The van der Waals surface area contributed by atoms with Crippen molar-refractivity contribution in [3.05, 3.63) is 72.9 Å². The minimum atomic E-state index is 0.0922. The Morgan fingerprint density at radius 1 is 0.625 bits per heavy atom. The number of allylic oxidation sites excluding steroid dienone is 12. The summed E-state index contributed by atoms with van der Waals surface area (Å²) in [5.41, 5.74) is 0. The van der Waals surface area contributed by atoms with Gasteiger partial charge in [0, 0.05) is 6.42 Å². The lowest BCUT2D eigenvalue weighted by molar-refractivity contribution is 0.549. The molecule has 1 nitrogen and oxygen atoms in total. The van der Waals surface area contributed by atoms with Gasteiger partial charge in [-0.2, -0.15) is 0 Å². The summed E-state index contributed by atoms with van der Waals surface area (Å²) in [7, 11) is 0. The number of hydrogen-bond donors (Lipinski definition) is 1. The molecule has 0 spiro atoms. The zero-order chi connectivity index (χ0) is 17.7. The highest BCUT2D eigenvalue weighted by Gasteiger charge is 1.86. The topological polar surface area (TPSA) is 20.2 Å². The Morgan fingerprint density at radius 2 is 0.958 bits per heavy atom. The van der Waals surface area contributed by atoms with E-state index in [9.17, 15) is 0 Å². The van der Waals surface area contributed by atoms with Crippen molar-refractivity contribution in [3.63, 3.8) is 0 Å². The number of thiocarbonyl (C=S) groups is 1. The molecule has 0 aromatic carbocycles. The van der Waals surface area contributed by atoms with Crippen LogP contribution in [0.15, 0.2) is 72.9 Å². The summed E-state index contributed by atoms with van der Waals surface area (Å²) in [6, 6.07) is 0. The van der Waals surface area contributed by atoms with Crippen LogP contribution in [0.3, 0.4) is 0 Å². The molecule has 1 N–H and O–H groups in total. The zero-order valence-electron chi connectivity index (χ0n) is 14.9. The van der Waals surface area contributed by atoms with E-state index in [1.165, 1.54) is 0 Å². The van der Waals surface area contributed by atoms with Crippen LogP contribution in [0.5, 0.6) is 0 Å². The van der Waals surface area contributed by atoms with Gasteiger partial charge in [0.15, 0.2) is 5.05 Å². The fourth-order valence-electron chi connectivity index (χ4n) is 1.85. The van der Waals surface area contributed by atoms with E-state index in [-0.39, 0.29) is 5.05 Å². The number of aliphatic hydroxyl groups is 1. The van der Waals surface area contributed by atoms with E-state index < -0.39 is 0 Å². The fourth-order valence-corrected chi connectivity index (χ4v) is 1.96. The Balaban J connectivity index is 3.51. The molecular formula is C22H32OS. The molecule has 0 atom stereocenters. The van der Waals surface area contributed by atoms with Crippen LogP contribution in [0.1, 0.15) is 58.3 Å². The lowest BCUT2D eigenvalue weighted by Gasteiger charge is -1.89. The van der Waals surface area contributed by atoms with Crippen molar-refractivity contribution in [2.75, 3.05) is 0 Å². The zero-order valence-corrected chi connectivity index (χ0v) is 15.8. The standard InChI is InChI=1S/C22H32OS/c1-2-3-4-5-6-7-8-9-10-11-12-13-14-15-16-17-18-19-20-21-22(23)24/h3-4,6-7,9-10,12-13,15-16,18-19H,2,5,8,11,14,17,20-21H2,1H3,(H,23,24). The second-order valence-corrected chi connectivity index (χ2v) is 5.82. The monoisotopic (exact) mass is 344 g/mol. The van der Waals surface area contributed by atoms with Crippen molar-refractivity contribution in [3.8, 4) is 0 Å². The van der Waals surface area contributed by atoms with Gasteiger partial charge in [0.25, 0.3) is 0 Å². The van der Waals surface area contributed by atoms with Crippen LogP contribution in [0.25, 0.3) is 0 Å². The molecule has 24 heavy (non-hydrogen) atoms. The highest BCUT2D eigenvalue weighted by molar-refractivity contribution is 7.80. The van der Waals surface area contributed by atoms with Crippen LogP contribution in [-0.4, -0.2) is 10.2 Å². The molecule has 132 valence electrons. The molecule has 0 unspecified atom stereocenters. The van der Waals surface area contributed by atoms with Gasteiger partial charge in [-0.3, -0.25) is 0 Å². The molecule has 2 heteroatoms. The van der Waals surface area contributed by atoms with Crippen LogP contribution in [0, 0.1) is 0 Å². The average molecular weight is 345 g/mol. The maximum atomic E-state index is 8.86. The fraction of sp³-hybridized carbons (Fsp3) is 0.409. The number of aliphatic hydroxyl groups excluding tert-OH is 1. The minimum Gasteiger partial charge on any atom is -0.502 e. The lowest BCUT2D eigenvalue weighted by atomic mass is 10.2. The van der Waals surface area contributed by atoms with E-state index in [1.807, 2.05) is 0 Å². The molecule has 0 saturated heterocycles. The van der Waals surface area contributed by atoms with Gasteiger partial charge < -0.3 is 5.11 Å². The van der Waals surface area contributed by atoms with E-state index in [4.69, 9.17) is 5.11 Å². The van der Waals surface area contributed by atoms with Gasteiger partial charge >= 0.3 is 0 Å². The Bertz CT molecular complexity index is 464. The average Bonchev–Trinajstić information content (AvgIpc) is 2.56. The van der Waals surface area contributed by atoms with Gasteiger partial charge in [0.1, 0.15) is 0 Å². The molecule has 0 amide bonds. The first-order valence-corrected chi connectivity index (χ1v) is 9.30. The molecule has 0 heterocycles. The van der Waals surface area contributed by atoms with Gasteiger partial charge in [-0.1, -0.05) is 79.8 Å². The van der Waals surface area contributed by atoms with Crippen LogP contribution < -0.4 is 0 Å². The molecule has 0 aliphatic heterocycles. The third-order valence-electron chi connectivity index (χ3n) is 3.12. The first kappa shape index (κ1) is 22.3. The molecule has 0 aliphatic rings. The van der Waals surface area contributed by atoms with Gasteiger partial charge in [0.05, 0.1) is 0 Å². The molecule has 0 aromatic rings. The van der Waals surface area contributed by atoms with E-state index in [2.05, 4.69) is 92.1 Å². The van der Waals surface area contributed by atoms with E-state index in [1.54, 1.807) is 0 Å². The predicted octanol–water partition coefficient (Wildman–Crippen LogP) is 7.35. The molecular weight excluding hydrogens is 312 g/mol. The summed E-state index contributed by atoms with van der Waals surface area (Å²) >= 11 is 4.60. The van der Waals surface area contributed by atoms with Crippen molar-refractivity contribution >= 4 is 17.3 Å². The number of hydrogen-bond acceptors (Lipinski definition) is 1. The predicted molar refractivity (Wildman–Crippen MR) is 113 cm³/mol. The summed E-state index contributed by atoms with van der Waals surface area (Å²) in [4.78, 5) is 0. The van der Waals surface area contributed by atoms with Gasteiger partial charge in [-0.15, -0.1) is 0 Å². The van der Waals surface area contributed by atoms with Crippen molar-refractivity contribution in [2.24, 2.45) is 0 Å². The summed E-state index contributed by atoms with van der Waals surface area (Å²) in [5, 5.41) is 8.95. The van der Waals surface area contributed by atoms with Crippen LogP contribution in [-0.2, 0) is 0 Å². The summed E-state index contributed by atoms with van der Waals surface area (Å²) in [6.45, 7) is 2.15. The van der Waals surface area contributed by atoms with Crippen molar-refractivity contribution in [2.45, 2.75) is 58.3 Å². The highest BCUT2D eigenvalue weighted by atomic mass is 32.1. The van der Waals surface area contributed by atoms with Crippen molar-refractivity contribution in [1.29, 1.82) is 0 Å². The van der Waals surface area contributed by atoms with Gasteiger partial charge in [0.2, 0.25) is 0 Å². The quantitative estimate of drug-likeness (QED) is 0.262. The number of rotatable bonds is 14. The van der Waals surface area contributed by atoms with Crippen molar-refractivity contribution in [1.82, 2.24) is 0 Å². The first-order valence-electron chi connectivity index (χ1n) is 8.89. The molecule has 0 aromatic heterocycles. The van der Waals surface area contributed by atoms with E-state index in [0.717, 1.165) is 44.9 Å². The second-order valence-electron chi connectivity index (χ2n) is 5.35. The molecule has 0 rings (SSSR count). The summed E-state index contributed by atoms with van der Waals surface area (Å²) in [5.74, 6) is 0. The molecule has 0 radical (unpaired) electrons. The third-order valence-corrected chi connectivity index (χ3v) is 3.33. The SMILES string of the molecule is CCC=CCC=CCC=CCC=CCC=CCC=CCCC(O)=S. The van der Waals surface area contributed by atoms with Crippen LogP contribution in [0.4, 0.5) is 0 Å². The normalized spacial score (nSPS) is 13.0. The maximum absolute atomic E-state index is 8.86. The first-order chi connectivity index (χ1) is 11.8. The molecule has 0 saturated carbocycles. The Kier molecular flexibility index (Phi) is 18.0.